The van der Waals surface area contributed by atoms with E-state index in [1.165, 1.54) is 22.8 Å². The Morgan fingerprint density at radius 2 is 1.88 bits per heavy atom. The van der Waals surface area contributed by atoms with Crippen molar-refractivity contribution in [3.05, 3.63) is 23.8 Å². The van der Waals surface area contributed by atoms with Gasteiger partial charge in [-0.15, -0.1) is 0 Å². The van der Waals surface area contributed by atoms with Gasteiger partial charge in [-0.2, -0.15) is 11.8 Å². The van der Waals surface area contributed by atoms with Gasteiger partial charge in [0.05, 0.1) is 12.2 Å². The highest BCUT2D eigenvalue weighted by atomic mass is 32.2. The van der Waals surface area contributed by atoms with Crippen LogP contribution in [0.15, 0.2) is 18.2 Å². The highest BCUT2D eigenvalue weighted by molar-refractivity contribution is 7.99. The van der Waals surface area contributed by atoms with Crippen LogP contribution >= 0.6 is 11.8 Å². The van der Waals surface area contributed by atoms with Gasteiger partial charge in [-0.1, -0.05) is 0 Å². The van der Waals surface area contributed by atoms with Crippen LogP contribution in [0.25, 0.3) is 0 Å². The Morgan fingerprint density at radius 3 is 2.50 bits per heavy atom. The fraction of sp³-hybridized carbons (Fsp3) is 0.611. The summed E-state index contributed by atoms with van der Waals surface area (Å²) in [5.41, 5.74) is 3.35. The number of urea groups is 1. The van der Waals surface area contributed by atoms with Crippen molar-refractivity contribution in [2.24, 2.45) is 0 Å². The number of carbonyl (C=O) groups is 1. The first kappa shape index (κ1) is 17.4. The number of amides is 2. The molecule has 0 spiro atoms. The summed E-state index contributed by atoms with van der Waals surface area (Å²) in [5.74, 6) is 2.37. The van der Waals surface area contributed by atoms with Gasteiger partial charge in [0, 0.05) is 49.1 Å². The summed E-state index contributed by atoms with van der Waals surface area (Å²) >= 11 is 2.01. The number of benzene rings is 1. The summed E-state index contributed by atoms with van der Waals surface area (Å²) in [6, 6.07) is 6.17. The normalized spacial score (nSPS) is 24.8. The number of nitrogens with zero attached hydrogens (tertiary/aromatic N) is 2. The summed E-state index contributed by atoms with van der Waals surface area (Å²) in [7, 11) is 0. The van der Waals surface area contributed by atoms with Gasteiger partial charge in [-0.05, 0) is 44.5 Å². The van der Waals surface area contributed by atoms with Crippen molar-refractivity contribution in [1.82, 2.24) is 4.90 Å². The molecule has 3 rings (SSSR count). The average Bonchev–Trinajstić information content (AvgIpc) is 2.55. The maximum Gasteiger partial charge on any atom is 0.322 e. The van der Waals surface area contributed by atoms with E-state index in [0.29, 0.717) is 13.1 Å². The van der Waals surface area contributed by atoms with Crippen molar-refractivity contribution in [3.8, 4) is 0 Å². The van der Waals surface area contributed by atoms with Crippen molar-refractivity contribution in [2.75, 3.05) is 47.9 Å². The number of thioether (sulfide) groups is 1. The fourth-order valence-corrected chi connectivity index (χ4v) is 4.34. The molecule has 0 saturated carbocycles. The Hall–Kier alpha value is -1.40. The van der Waals surface area contributed by atoms with E-state index >= 15 is 0 Å². The van der Waals surface area contributed by atoms with Gasteiger partial charge in [-0.25, -0.2) is 4.79 Å². The van der Waals surface area contributed by atoms with E-state index in [-0.39, 0.29) is 18.2 Å². The molecule has 0 bridgehead atoms. The minimum absolute atomic E-state index is 0.0430. The zero-order valence-electron chi connectivity index (χ0n) is 14.7. The molecule has 2 atom stereocenters. The van der Waals surface area contributed by atoms with Gasteiger partial charge < -0.3 is 19.9 Å². The van der Waals surface area contributed by atoms with E-state index in [0.717, 1.165) is 18.8 Å². The van der Waals surface area contributed by atoms with Crippen LogP contribution in [-0.4, -0.2) is 60.8 Å². The molecule has 1 aromatic rings. The molecule has 2 aliphatic rings. The summed E-state index contributed by atoms with van der Waals surface area (Å²) in [6.45, 7) is 9.60. The van der Waals surface area contributed by atoms with Gasteiger partial charge in [-0.3, -0.25) is 0 Å². The summed E-state index contributed by atoms with van der Waals surface area (Å²) in [6.07, 6.45) is 0.168. The second-order valence-electron chi connectivity index (χ2n) is 6.69. The van der Waals surface area contributed by atoms with Crippen LogP contribution < -0.4 is 10.2 Å². The van der Waals surface area contributed by atoms with E-state index in [1.807, 2.05) is 36.6 Å². The Morgan fingerprint density at radius 1 is 1.21 bits per heavy atom. The minimum Gasteiger partial charge on any atom is -0.372 e. The molecule has 0 aromatic heterocycles. The molecule has 0 radical (unpaired) electrons. The quantitative estimate of drug-likeness (QED) is 0.891. The number of morpholine rings is 1. The lowest BCUT2D eigenvalue weighted by molar-refractivity contribution is -0.0530. The van der Waals surface area contributed by atoms with Crippen LogP contribution in [0.3, 0.4) is 0 Å². The highest BCUT2D eigenvalue weighted by Crippen LogP contribution is 2.26. The first-order valence-electron chi connectivity index (χ1n) is 8.67. The number of nitrogens with one attached hydrogen (secondary N) is 1. The van der Waals surface area contributed by atoms with Crippen molar-refractivity contribution in [3.63, 3.8) is 0 Å². The van der Waals surface area contributed by atoms with E-state index in [4.69, 9.17) is 4.74 Å². The molecule has 0 aliphatic carbocycles. The lowest BCUT2D eigenvalue weighted by atomic mass is 10.1. The zero-order valence-corrected chi connectivity index (χ0v) is 15.6. The monoisotopic (exact) mass is 349 g/mol. The molecule has 1 N–H and O–H groups in total. The second kappa shape index (κ2) is 7.66. The van der Waals surface area contributed by atoms with Gasteiger partial charge in [0.1, 0.15) is 0 Å². The molecule has 6 heteroatoms. The number of anilines is 2. The van der Waals surface area contributed by atoms with Gasteiger partial charge in [0.15, 0.2) is 0 Å². The van der Waals surface area contributed by atoms with Crippen LogP contribution in [0.5, 0.6) is 0 Å². The summed E-state index contributed by atoms with van der Waals surface area (Å²) < 4.78 is 5.69. The molecule has 2 aliphatic heterocycles. The molecular formula is C18H27N3O2S. The number of rotatable bonds is 2. The predicted molar refractivity (Wildman–Crippen MR) is 101 cm³/mol. The highest BCUT2D eigenvalue weighted by Gasteiger charge is 2.26. The maximum atomic E-state index is 12.5. The van der Waals surface area contributed by atoms with Gasteiger partial charge in [0.25, 0.3) is 0 Å². The van der Waals surface area contributed by atoms with E-state index in [2.05, 4.69) is 29.3 Å². The van der Waals surface area contributed by atoms with Crippen LogP contribution in [0.4, 0.5) is 16.2 Å². The molecule has 132 valence electrons. The lowest BCUT2D eigenvalue weighted by Crippen LogP contribution is -2.49. The van der Waals surface area contributed by atoms with Gasteiger partial charge in [0.2, 0.25) is 0 Å². The molecule has 5 nitrogen and oxygen atoms in total. The Bertz CT molecular complexity index is 580. The number of hydrogen-bond acceptors (Lipinski definition) is 4. The molecule has 2 unspecified atom stereocenters. The zero-order chi connectivity index (χ0) is 17.1. The molecule has 2 fully saturated rings. The van der Waals surface area contributed by atoms with E-state index in [9.17, 15) is 4.79 Å². The Kier molecular flexibility index (Phi) is 5.56. The number of ether oxygens (including phenoxy) is 1. The molecule has 2 amide bonds. The van der Waals surface area contributed by atoms with Crippen molar-refractivity contribution >= 4 is 29.2 Å². The Balaban J connectivity index is 1.64. The topological polar surface area (TPSA) is 44.8 Å². The van der Waals surface area contributed by atoms with Crippen LogP contribution in [-0.2, 0) is 4.74 Å². The first-order valence-corrected chi connectivity index (χ1v) is 9.83. The van der Waals surface area contributed by atoms with E-state index < -0.39 is 0 Å². The average molecular weight is 350 g/mol. The van der Waals surface area contributed by atoms with E-state index in [1.54, 1.807) is 0 Å². The largest absolute Gasteiger partial charge is 0.372 e. The molecular weight excluding hydrogens is 322 g/mol. The summed E-state index contributed by atoms with van der Waals surface area (Å²) in [5, 5.41) is 3.03. The van der Waals surface area contributed by atoms with Crippen LogP contribution in [0.2, 0.25) is 0 Å². The third-order valence-electron chi connectivity index (χ3n) is 4.51. The van der Waals surface area contributed by atoms with Crippen LogP contribution in [0, 0.1) is 6.92 Å². The van der Waals surface area contributed by atoms with Crippen molar-refractivity contribution in [1.29, 1.82) is 0 Å². The number of hydrogen-bond donors (Lipinski definition) is 1. The first-order chi connectivity index (χ1) is 11.5. The number of aryl methyl sites for hydroxylation is 1. The number of carbonyl (C=O) groups excluding carboxylic acids is 1. The van der Waals surface area contributed by atoms with Crippen molar-refractivity contribution in [2.45, 2.75) is 33.0 Å². The van der Waals surface area contributed by atoms with Gasteiger partial charge >= 0.3 is 6.03 Å². The molecule has 24 heavy (non-hydrogen) atoms. The fourth-order valence-electron chi connectivity index (χ4n) is 3.44. The van der Waals surface area contributed by atoms with Crippen molar-refractivity contribution < 1.29 is 9.53 Å². The summed E-state index contributed by atoms with van der Waals surface area (Å²) in [4.78, 5) is 16.8. The third kappa shape index (κ3) is 4.16. The molecule has 2 heterocycles. The second-order valence-corrected chi connectivity index (χ2v) is 7.92. The molecule has 2 saturated heterocycles. The molecule has 1 aromatic carbocycles. The minimum atomic E-state index is -0.0430. The smallest absolute Gasteiger partial charge is 0.322 e. The lowest BCUT2D eigenvalue weighted by Gasteiger charge is -2.35. The Labute approximate surface area is 148 Å². The SMILES string of the molecule is Cc1cc(NC(=O)N2CC(C)OC(C)C2)ccc1N1CCSCC1. The third-order valence-corrected chi connectivity index (χ3v) is 5.45. The standard InChI is InChI=1S/C18H27N3O2S/c1-13-10-16(4-5-17(13)20-6-8-24-9-7-20)19-18(22)21-11-14(2)23-15(3)12-21/h4-5,10,14-15H,6-9,11-12H2,1-3H3,(H,19,22). The maximum absolute atomic E-state index is 12.5. The predicted octanol–water partition coefficient (Wildman–Crippen LogP) is 3.19. The van der Waals surface area contributed by atoms with Crippen LogP contribution in [0.1, 0.15) is 19.4 Å².